The number of esters is 2. The maximum Gasteiger partial charge on any atom is 0.310 e. The summed E-state index contributed by atoms with van der Waals surface area (Å²) in [5.74, 6) is -1.30. The number of methoxy groups -OCH3 is 2. The molecule has 0 radical (unpaired) electrons. The average molecular weight is 230 g/mol. The minimum Gasteiger partial charge on any atom is -0.469 e. The van der Waals surface area contributed by atoms with E-state index in [-0.39, 0.29) is 30.3 Å². The highest BCUT2D eigenvalue weighted by molar-refractivity contribution is 5.76. The number of nitrogens with two attached hydrogens (primary N) is 1. The Morgan fingerprint density at radius 2 is 2.00 bits per heavy atom. The molecule has 1 saturated heterocycles. The van der Waals surface area contributed by atoms with Crippen LogP contribution in [0, 0.1) is 11.8 Å². The standard InChI is InChI=1S/C10H18N2O4/c1-15-8(13)3-6-4-12-5-7(11)9(6)10(14)16-2/h6-7,9,12H,3-5,11H2,1-2H3/t6-,7+,9+/m1/s1. The summed E-state index contributed by atoms with van der Waals surface area (Å²) in [4.78, 5) is 22.8. The Morgan fingerprint density at radius 1 is 1.31 bits per heavy atom. The first kappa shape index (κ1) is 12.9. The number of hydrogen-bond acceptors (Lipinski definition) is 6. The lowest BCUT2D eigenvalue weighted by atomic mass is 9.81. The van der Waals surface area contributed by atoms with E-state index in [9.17, 15) is 9.59 Å². The molecule has 0 amide bonds. The highest BCUT2D eigenvalue weighted by atomic mass is 16.5. The number of nitrogens with one attached hydrogen (secondary N) is 1. The molecule has 1 fully saturated rings. The summed E-state index contributed by atoms with van der Waals surface area (Å²) in [5.41, 5.74) is 5.85. The minimum atomic E-state index is -0.439. The second-order valence-corrected chi connectivity index (χ2v) is 3.91. The molecule has 1 aliphatic rings. The summed E-state index contributed by atoms with van der Waals surface area (Å²) in [6.07, 6.45) is 0.178. The lowest BCUT2D eigenvalue weighted by Gasteiger charge is -2.34. The zero-order valence-corrected chi connectivity index (χ0v) is 9.56. The average Bonchev–Trinajstić information content (AvgIpc) is 2.28. The van der Waals surface area contributed by atoms with Crippen LogP contribution in [0.2, 0.25) is 0 Å². The first-order valence-corrected chi connectivity index (χ1v) is 5.21. The summed E-state index contributed by atoms with van der Waals surface area (Å²) < 4.78 is 9.30. The number of rotatable bonds is 3. The molecular weight excluding hydrogens is 212 g/mol. The van der Waals surface area contributed by atoms with E-state index in [0.29, 0.717) is 13.1 Å². The van der Waals surface area contributed by atoms with Crippen LogP contribution in [0.25, 0.3) is 0 Å². The Morgan fingerprint density at radius 3 is 2.56 bits per heavy atom. The van der Waals surface area contributed by atoms with Gasteiger partial charge in [0.2, 0.25) is 0 Å². The second kappa shape index (κ2) is 5.81. The summed E-state index contributed by atoms with van der Waals surface area (Å²) in [6, 6.07) is -0.323. The fourth-order valence-electron chi connectivity index (χ4n) is 2.04. The third-order valence-corrected chi connectivity index (χ3v) is 2.89. The number of piperidine rings is 1. The fraction of sp³-hybridized carbons (Fsp3) is 0.800. The Labute approximate surface area is 94.5 Å². The monoisotopic (exact) mass is 230 g/mol. The molecule has 6 nitrogen and oxygen atoms in total. The highest BCUT2D eigenvalue weighted by Crippen LogP contribution is 2.23. The van der Waals surface area contributed by atoms with Crippen LogP contribution in [0.1, 0.15) is 6.42 Å². The number of carbonyl (C=O) groups is 2. The Bertz CT molecular complexity index is 270. The van der Waals surface area contributed by atoms with Crippen LogP contribution in [-0.2, 0) is 19.1 Å². The number of hydrogen-bond donors (Lipinski definition) is 2. The van der Waals surface area contributed by atoms with Crippen molar-refractivity contribution < 1.29 is 19.1 Å². The van der Waals surface area contributed by atoms with Gasteiger partial charge in [0.05, 0.1) is 26.6 Å². The van der Waals surface area contributed by atoms with E-state index in [2.05, 4.69) is 10.1 Å². The van der Waals surface area contributed by atoms with E-state index in [1.807, 2.05) is 0 Å². The van der Waals surface area contributed by atoms with Crippen LogP contribution >= 0.6 is 0 Å². The lowest BCUT2D eigenvalue weighted by Crippen LogP contribution is -2.54. The van der Waals surface area contributed by atoms with Crippen molar-refractivity contribution >= 4 is 11.9 Å². The molecule has 16 heavy (non-hydrogen) atoms. The second-order valence-electron chi connectivity index (χ2n) is 3.91. The molecule has 0 spiro atoms. The van der Waals surface area contributed by atoms with Gasteiger partial charge in [-0.2, -0.15) is 0 Å². The SMILES string of the molecule is COC(=O)C[C@@H]1CNC[C@H](N)[C@H]1C(=O)OC. The Kier molecular flexibility index (Phi) is 4.70. The summed E-state index contributed by atoms with van der Waals surface area (Å²) >= 11 is 0. The van der Waals surface area contributed by atoms with Crippen molar-refractivity contribution in [3.05, 3.63) is 0 Å². The van der Waals surface area contributed by atoms with E-state index < -0.39 is 5.92 Å². The molecule has 0 unspecified atom stereocenters. The van der Waals surface area contributed by atoms with Gasteiger partial charge in [-0.05, 0) is 12.5 Å². The van der Waals surface area contributed by atoms with Crippen molar-refractivity contribution in [3.63, 3.8) is 0 Å². The number of ether oxygens (including phenoxy) is 2. The van der Waals surface area contributed by atoms with E-state index in [4.69, 9.17) is 10.5 Å². The van der Waals surface area contributed by atoms with Crippen LogP contribution in [-0.4, -0.2) is 45.3 Å². The van der Waals surface area contributed by atoms with Gasteiger partial charge in [0.1, 0.15) is 0 Å². The lowest BCUT2D eigenvalue weighted by molar-refractivity contribution is -0.151. The smallest absolute Gasteiger partial charge is 0.310 e. The zero-order valence-electron chi connectivity index (χ0n) is 9.56. The molecule has 1 rings (SSSR count). The van der Waals surface area contributed by atoms with E-state index in [1.165, 1.54) is 14.2 Å². The van der Waals surface area contributed by atoms with Crippen LogP contribution in [0.5, 0.6) is 0 Å². The van der Waals surface area contributed by atoms with Crippen molar-refractivity contribution in [1.29, 1.82) is 0 Å². The molecule has 0 saturated carbocycles. The quantitative estimate of drug-likeness (QED) is 0.597. The fourth-order valence-corrected chi connectivity index (χ4v) is 2.04. The normalized spacial score (nSPS) is 29.6. The van der Waals surface area contributed by atoms with Gasteiger partial charge in [0.15, 0.2) is 0 Å². The molecule has 0 aromatic heterocycles. The maximum atomic E-state index is 11.6. The maximum absolute atomic E-state index is 11.6. The molecule has 6 heteroatoms. The van der Waals surface area contributed by atoms with Crippen molar-refractivity contribution in [2.45, 2.75) is 12.5 Å². The van der Waals surface area contributed by atoms with Gasteiger partial charge >= 0.3 is 11.9 Å². The van der Waals surface area contributed by atoms with E-state index in [0.717, 1.165) is 0 Å². The predicted molar refractivity (Wildman–Crippen MR) is 56.5 cm³/mol. The first-order chi connectivity index (χ1) is 7.60. The van der Waals surface area contributed by atoms with Gasteiger partial charge in [-0.15, -0.1) is 0 Å². The van der Waals surface area contributed by atoms with Gasteiger partial charge in [0.25, 0.3) is 0 Å². The van der Waals surface area contributed by atoms with Gasteiger partial charge in [-0.3, -0.25) is 9.59 Å². The zero-order chi connectivity index (χ0) is 12.1. The Balaban J connectivity index is 2.70. The third kappa shape index (κ3) is 2.93. The van der Waals surface area contributed by atoms with Crippen molar-refractivity contribution in [3.8, 4) is 0 Å². The highest BCUT2D eigenvalue weighted by Gasteiger charge is 2.38. The third-order valence-electron chi connectivity index (χ3n) is 2.89. The summed E-state index contributed by atoms with van der Waals surface area (Å²) in [7, 11) is 2.65. The van der Waals surface area contributed by atoms with E-state index >= 15 is 0 Å². The molecule has 1 aliphatic heterocycles. The van der Waals surface area contributed by atoms with Gasteiger partial charge < -0.3 is 20.5 Å². The van der Waals surface area contributed by atoms with Crippen LogP contribution in [0.4, 0.5) is 0 Å². The number of carbonyl (C=O) groups excluding carboxylic acids is 2. The van der Waals surface area contributed by atoms with Crippen LogP contribution in [0.3, 0.4) is 0 Å². The molecule has 0 aromatic carbocycles. The minimum absolute atomic E-state index is 0.163. The van der Waals surface area contributed by atoms with Gasteiger partial charge in [-0.25, -0.2) is 0 Å². The summed E-state index contributed by atoms with van der Waals surface area (Å²) in [5, 5.41) is 3.08. The largest absolute Gasteiger partial charge is 0.469 e. The molecule has 0 aliphatic carbocycles. The first-order valence-electron chi connectivity index (χ1n) is 5.21. The molecular formula is C10H18N2O4. The summed E-state index contributed by atoms with van der Waals surface area (Å²) in [6.45, 7) is 1.13. The van der Waals surface area contributed by atoms with Gasteiger partial charge in [0, 0.05) is 12.6 Å². The van der Waals surface area contributed by atoms with Crippen LogP contribution in [0.15, 0.2) is 0 Å². The van der Waals surface area contributed by atoms with Crippen molar-refractivity contribution in [2.24, 2.45) is 17.6 Å². The Hall–Kier alpha value is -1.14. The molecule has 92 valence electrons. The topological polar surface area (TPSA) is 90.6 Å². The molecule has 0 aromatic rings. The van der Waals surface area contributed by atoms with Crippen molar-refractivity contribution in [1.82, 2.24) is 5.32 Å². The van der Waals surface area contributed by atoms with Gasteiger partial charge in [-0.1, -0.05) is 0 Å². The van der Waals surface area contributed by atoms with E-state index in [1.54, 1.807) is 0 Å². The molecule has 3 N–H and O–H groups in total. The molecule has 3 atom stereocenters. The van der Waals surface area contributed by atoms with Crippen molar-refractivity contribution in [2.75, 3.05) is 27.3 Å². The predicted octanol–water partition coefficient (Wildman–Crippen LogP) is -1.11. The molecule has 0 bridgehead atoms. The molecule has 1 heterocycles. The van der Waals surface area contributed by atoms with Crippen LogP contribution < -0.4 is 11.1 Å².